The van der Waals surface area contributed by atoms with Gasteiger partial charge in [0.05, 0.1) is 0 Å². The van der Waals surface area contributed by atoms with E-state index in [4.69, 9.17) is 0 Å². The number of nitrogens with zero attached hydrogens (tertiary/aromatic N) is 3. The Labute approximate surface area is 134 Å². The highest BCUT2D eigenvalue weighted by Crippen LogP contribution is 2.24. The van der Waals surface area contributed by atoms with Gasteiger partial charge >= 0.3 is 0 Å². The van der Waals surface area contributed by atoms with Gasteiger partial charge in [-0.15, -0.1) is 0 Å². The Bertz CT molecular complexity index is 629. The summed E-state index contributed by atoms with van der Waals surface area (Å²) in [4.78, 5) is 18.9. The molecule has 1 N–H and O–H groups in total. The van der Waals surface area contributed by atoms with Crippen LogP contribution >= 0.6 is 11.8 Å². The third-order valence-electron chi connectivity index (χ3n) is 3.95. The summed E-state index contributed by atoms with van der Waals surface area (Å²) in [5.41, 5.74) is 1.86. The van der Waals surface area contributed by atoms with Gasteiger partial charge in [-0.2, -0.15) is 5.10 Å². The lowest BCUT2D eigenvalue weighted by Crippen LogP contribution is -2.39. The van der Waals surface area contributed by atoms with Crippen LogP contribution in [0.25, 0.3) is 0 Å². The number of carbonyl (C=O) groups is 1. The minimum absolute atomic E-state index is 0.153. The molecule has 116 valence electrons. The zero-order valence-electron chi connectivity index (χ0n) is 12.7. The van der Waals surface area contributed by atoms with Crippen molar-refractivity contribution in [1.82, 2.24) is 20.1 Å². The normalized spacial score (nSPS) is 18.4. The second-order valence-corrected chi connectivity index (χ2v) is 6.70. The van der Waals surface area contributed by atoms with E-state index in [9.17, 15) is 4.79 Å². The zero-order chi connectivity index (χ0) is 15.4. The van der Waals surface area contributed by atoms with Gasteiger partial charge < -0.3 is 4.90 Å². The highest BCUT2D eigenvalue weighted by atomic mass is 32.2. The van der Waals surface area contributed by atoms with Gasteiger partial charge in [-0.05, 0) is 30.4 Å². The number of piperidine rings is 1. The first-order chi connectivity index (χ1) is 10.7. The van der Waals surface area contributed by atoms with Crippen molar-refractivity contribution in [2.45, 2.75) is 30.7 Å². The number of thioether (sulfide) groups is 1. The van der Waals surface area contributed by atoms with Gasteiger partial charge in [0.2, 0.25) is 0 Å². The fraction of sp³-hybridized carbons (Fsp3) is 0.438. The van der Waals surface area contributed by atoms with Gasteiger partial charge in [0.15, 0.2) is 5.16 Å². The molecule has 2 aromatic rings. The van der Waals surface area contributed by atoms with E-state index in [0.717, 1.165) is 35.8 Å². The number of benzene rings is 1. The molecule has 6 heteroatoms. The molecule has 1 amide bonds. The van der Waals surface area contributed by atoms with Crippen molar-refractivity contribution >= 4 is 17.7 Å². The molecular formula is C16H20N4OS. The smallest absolute Gasteiger partial charge is 0.254 e. The Morgan fingerprint density at radius 3 is 3.09 bits per heavy atom. The lowest BCUT2D eigenvalue weighted by molar-refractivity contribution is 0.0682. The predicted molar refractivity (Wildman–Crippen MR) is 86.7 cm³/mol. The molecule has 2 heterocycles. The number of aromatic nitrogens is 3. The zero-order valence-corrected chi connectivity index (χ0v) is 13.5. The van der Waals surface area contributed by atoms with Crippen LogP contribution in [-0.2, 0) is 5.75 Å². The summed E-state index contributed by atoms with van der Waals surface area (Å²) in [6.07, 6.45) is 3.81. The Balaban J connectivity index is 1.73. The van der Waals surface area contributed by atoms with Gasteiger partial charge in [-0.1, -0.05) is 36.9 Å². The van der Waals surface area contributed by atoms with E-state index in [-0.39, 0.29) is 5.91 Å². The summed E-state index contributed by atoms with van der Waals surface area (Å²) >= 11 is 1.56. The molecule has 1 unspecified atom stereocenters. The maximum atomic E-state index is 12.8. The van der Waals surface area contributed by atoms with Crippen LogP contribution in [0.1, 0.15) is 35.7 Å². The van der Waals surface area contributed by atoms with Crippen molar-refractivity contribution in [1.29, 1.82) is 0 Å². The second kappa shape index (κ2) is 6.96. The van der Waals surface area contributed by atoms with Gasteiger partial charge in [0.1, 0.15) is 6.33 Å². The number of aromatic amines is 1. The summed E-state index contributed by atoms with van der Waals surface area (Å²) in [6, 6.07) is 7.86. The molecule has 1 aromatic heterocycles. The Kier molecular flexibility index (Phi) is 4.77. The average molecular weight is 316 g/mol. The largest absolute Gasteiger partial charge is 0.338 e. The van der Waals surface area contributed by atoms with Crippen molar-refractivity contribution < 1.29 is 4.79 Å². The minimum atomic E-state index is 0.153. The summed E-state index contributed by atoms with van der Waals surface area (Å²) in [5, 5.41) is 7.45. The van der Waals surface area contributed by atoms with Crippen molar-refractivity contribution in [2.24, 2.45) is 5.92 Å². The highest BCUT2D eigenvalue weighted by molar-refractivity contribution is 7.98. The molecule has 0 radical (unpaired) electrons. The number of nitrogens with one attached hydrogen (secondary N) is 1. The van der Waals surface area contributed by atoms with Crippen LogP contribution in [-0.4, -0.2) is 39.1 Å². The first-order valence-electron chi connectivity index (χ1n) is 7.59. The third-order valence-corrected chi connectivity index (χ3v) is 4.87. The lowest BCUT2D eigenvalue weighted by Gasteiger charge is -2.31. The van der Waals surface area contributed by atoms with Crippen LogP contribution in [0.5, 0.6) is 0 Å². The van der Waals surface area contributed by atoms with Crippen molar-refractivity contribution in [3.63, 3.8) is 0 Å². The van der Waals surface area contributed by atoms with Gasteiger partial charge in [-0.25, -0.2) is 4.98 Å². The number of hydrogen-bond acceptors (Lipinski definition) is 4. The number of H-pyrrole nitrogens is 1. The Hall–Kier alpha value is -1.82. The molecule has 1 aromatic carbocycles. The fourth-order valence-electron chi connectivity index (χ4n) is 2.81. The molecule has 1 aliphatic heterocycles. The SMILES string of the molecule is CC1CCCN(C(=O)c2ccccc2CSc2ncn[nH]2)C1. The molecule has 1 atom stereocenters. The van der Waals surface area contributed by atoms with Crippen LogP contribution in [0.4, 0.5) is 0 Å². The first-order valence-corrected chi connectivity index (χ1v) is 8.58. The van der Waals surface area contributed by atoms with Gasteiger partial charge in [-0.3, -0.25) is 9.89 Å². The van der Waals surface area contributed by atoms with Gasteiger partial charge in [0.25, 0.3) is 5.91 Å². The minimum Gasteiger partial charge on any atom is -0.338 e. The summed E-state index contributed by atoms with van der Waals surface area (Å²) in [6.45, 7) is 3.94. The number of hydrogen-bond donors (Lipinski definition) is 1. The number of amides is 1. The molecule has 1 aliphatic rings. The molecule has 1 saturated heterocycles. The third kappa shape index (κ3) is 3.50. The second-order valence-electron chi connectivity index (χ2n) is 5.74. The molecule has 0 aliphatic carbocycles. The highest BCUT2D eigenvalue weighted by Gasteiger charge is 2.23. The topological polar surface area (TPSA) is 61.9 Å². The Morgan fingerprint density at radius 1 is 1.45 bits per heavy atom. The van der Waals surface area contributed by atoms with E-state index in [1.54, 1.807) is 11.8 Å². The molecule has 1 fully saturated rings. The fourth-order valence-corrected chi connectivity index (χ4v) is 3.59. The van der Waals surface area contributed by atoms with Crippen LogP contribution in [0, 0.1) is 5.92 Å². The molecule has 0 spiro atoms. The molecule has 3 rings (SSSR count). The predicted octanol–water partition coefficient (Wildman–Crippen LogP) is 2.97. The molecule has 0 bridgehead atoms. The van der Waals surface area contributed by atoms with Crippen LogP contribution in [0.15, 0.2) is 35.7 Å². The molecular weight excluding hydrogens is 296 g/mol. The van der Waals surface area contributed by atoms with E-state index < -0.39 is 0 Å². The standard InChI is InChI=1S/C16H20N4OS/c1-12-5-4-8-20(9-12)15(21)14-7-3-2-6-13(14)10-22-16-17-11-18-19-16/h2-3,6-7,11-12H,4-5,8-10H2,1H3,(H,17,18,19). The lowest BCUT2D eigenvalue weighted by atomic mass is 9.99. The quantitative estimate of drug-likeness (QED) is 0.881. The Morgan fingerprint density at radius 2 is 2.32 bits per heavy atom. The molecule has 0 saturated carbocycles. The summed E-state index contributed by atoms with van der Waals surface area (Å²) in [5.74, 6) is 1.45. The monoisotopic (exact) mass is 316 g/mol. The molecule has 5 nitrogen and oxygen atoms in total. The average Bonchev–Trinajstić information content (AvgIpc) is 3.06. The van der Waals surface area contributed by atoms with Crippen molar-refractivity contribution in [3.05, 3.63) is 41.7 Å². The van der Waals surface area contributed by atoms with E-state index in [2.05, 4.69) is 22.1 Å². The first kappa shape index (κ1) is 15.1. The van der Waals surface area contributed by atoms with Crippen LogP contribution in [0.2, 0.25) is 0 Å². The van der Waals surface area contributed by atoms with Crippen LogP contribution < -0.4 is 0 Å². The van der Waals surface area contributed by atoms with E-state index >= 15 is 0 Å². The molecule has 22 heavy (non-hydrogen) atoms. The van der Waals surface area contributed by atoms with Gasteiger partial charge in [0, 0.05) is 24.4 Å². The van der Waals surface area contributed by atoms with E-state index in [1.165, 1.54) is 12.7 Å². The van der Waals surface area contributed by atoms with Crippen molar-refractivity contribution in [2.75, 3.05) is 13.1 Å². The summed E-state index contributed by atoms with van der Waals surface area (Å²) in [7, 11) is 0. The summed E-state index contributed by atoms with van der Waals surface area (Å²) < 4.78 is 0. The maximum Gasteiger partial charge on any atom is 0.254 e. The van der Waals surface area contributed by atoms with Crippen molar-refractivity contribution in [3.8, 4) is 0 Å². The number of rotatable bonds is 4. The van der Waals surface area contributed by atoms with E-state index in [0.29, 0.717) is 11.7 Å². The van der Waals surface area contributed by atoms with E-state index in [1.807, 2.05) is 29.2 Å². The van der Waals surface area contributed by atoms with Crippen LogP contribution in [0.3, 0.4) is 0 Å². The maximum absolute atomic E-state index is 12.8. The number of carbonyl (C=O) groups excluding carboxylic acids is 1. The number of likely N-dealkylation sites (tertiary alicyclic amines) is 1.